The van der Waals surface area contributed by atoms with Crippen molar-refractivity contribution in [3.8, 4) is 5.95 Å². The van der Waals surface area contributed by atoms with E-state index in [1.165, 1.54) is 0 Å². The fourth-order valence-electron chi connectivity index (χ4n) is 2.71. The van der Waals surface area contributed by atoms with Crippen LogP contribution in [0.15, 0.2) is 53.1 Å². The number of nitrogens with one attached hydrogen (secondary N) is 1. The van der Waals surface area contributed by atoms with Crippen molar-refractivity contribution in [3.63, 3.8) is 0 Å². The van der Waals surface area contributed by atoms with Crippen LogP contribution in [-0.2, 0) is 6.54 Å². The molecule has 3 aromatic heterocycles. The van der Waals surface area contributed by atoms with Crippen LogP contribution in [0.25, 0.3) is 16.9 Å². The Labute approximate surface area is 139 Å². The fraction of sp³-hybridized carbons (Fsp3) is 0.167. The van der Waals surface area contributed by atoms with Gasteiger partial charge >= 0.3 is 0 Å². The first-order valence-electron chi connectivity index (χ1n) is 7.77. The number of nitrogens with zero attached hydrogens (tertiary/aromatic N) is 4. The van der Waals surface area contributed by atoms with Crippen LogP contribution >= 0.6 is 0 Å². The minimum atomic E-state index is 0.557. The zero-order valence-electron chi connectivity index (χ0n) is 13.5. The Morgan fingerprint density at radius 2 is 1.96 bits per heavy atom. The second-order valence-corrected chi connectivity index (χ2v) is 5.66. The Kier molecular flexibility index (Phi) is 3.49. The molecule has 0 aliphatic carbocycles. The number of benzene rings is 1. The average molecular weight is 319 g/mol. The molecule has 0 radical (unpaired) electrons. The molecule has 3 heterocycles. The summed E-state index contributed by atoms with van der Waals surface area (Å²) in [6.07, 6.45) is 1.66. The minimum absolute atomic E-state index is 0.557. The summed E-state index contributed by atoms with van der Waals surface area (Å²) in [5, 5.41) is 8.79. The number of aromatic nitrogens is 4. The van der Waals surface area contributed by atoms with Gasteiger partial charge in [-0.25, -0.2) is 9.67 Å². The smallest absolute Gasteiger partial charge is 0.253 e. The van der Waals surface area contributed by atoms with Crippen LogP contribution in [0.2, 0.25) is 0 Å². The molecular formula is C18H17N5O. The van der Waals surface area contributed by atoms with E-state index in [1.807, 2.05) is 56.3 Å². The highest BCUT2D eigenvalue weighted by molar-refractivity contribution is 5.89. The number of para-hydroxylation sites is 1. The first-order chi connectivity index (χ1) is 11.7. The maximum atomic E-state index is 5.38. The van der Waals surface area contributed by atoms with Gasteiger partial charge in [-0.3, -0.25) is 0 Å². The molecule has 0 saturated heterocycles. The van der Waals surface area contributed by atoms with Gasteiger partial charge in [-0.1, -0.05) is 12.1 Å². The van der Waals surface area contributed by atoms with Crippen molar-refractivity contribution in [2.75, 3.05) is 5.32 Å². The molecule has 0 atom stereocenters. The van der Waals surface area contributed by atoms with Crippen molar-refractivity contribution in [2.24, 2.45) is 0 Å². The molecule has 1 aromatic carbocycles. The summed E-state index contributed by atoms with van der Waals surface area (Å²) in [6, 6.07) is 13.7. The van der Waals surface area contributed by atoms with Gasteiger partial charge in [0.15, 0.2) is 0 Å². The van der Waals surface area contributed by atoms with E-state index in [0.29, 0.717) is 12.5 Å². The molecule has 6 nitrogen and oxygen atoms in total. The maximum absolute atomic E-state index is 5.38. The van der Waals surface area contributed by atoms with Crippen molar-refractivity contribution < 1.29 is 4.42 Å². The molecule has 0 unspecified atom stereocenters. The molecule has 0 aliphatic rings. The van der Waals surface area contributed by atoms with Crippen LogP contribution in [-0.4, -0.2) is 19.7 Å². The van der Waals surface area contributed by atoms with E-state index in [-0.39, 0.29) is 0 Å². The van der Waals surface area contributed by atoms with Gasteiger partial charge in [0.25, 0.3) is 5.95 Å². The first kappa shape index (κ1) is 14.4. The summed E-state index contributed by atoms with van der Waals surface area (Å²) in [7, 11) is 0. The lowest BCUT2D eigenvalue weighted by molar-refractivity contribution is 0.518. The monoisotopic (exact) mass is 319 g/mol. The summed E-state index contributed by atoms with van der Waals surface area (Å²) < 4.78 is 7.14. The summed E-state index contributed by atoms with van der Waals surface area (Å²) >= 11 is 0. The molecule has 0 fully saturated rings. The van der Waals surface area contributed by atoms with Gasteiger partial charge in [0, 0.05) is 11.1 Å². The van der Waals surface area contributed by atoms with E-state index in [1.54, 1.807) is 10.9 Å². The van der Waals surface area contributed by atoms with Gasteiger partial charge in [-0.15, -0.1) is 0 Å². The Hall–Kier alpha value is -3.15. The lowest BCUT2D eigenvalue weighted by Gasteiger charge is -2.10. The van der Waals surface area contributed by atoms with Crippen LogP contribution in [0, 0.1) is 13.8 Å². The predicted molar refractivity (Wildman–Crippen MR) is 92.2 cm³/mol. The number of hydrogen-bond donors (Lipinski definition) is 1. The molecule has 4 aromatic rings. The topological polar surface area (TPSA) is 68.8 Å². The summed E-state index contributed by atoms with van der Waals surface area (Å²) in [5.41, 5.74) is 2.81. The molecule has 0 amide bonds. The van der Waals surface area contributed by atoms with Crippen LogP contribution < -0.4 is 5.32 Å². The number of aryl methyl sites for hydroxylation is 2. The lowest BCUT2D eigenvalue weighted by Crippen LogP contribution is -2.09. The number of rotatable bonds is 4. The van der Waals surface area contributed by atoms with Gasteiger partial charge in [-0.05, 0) is 44.2 Å². The Morgan fingerprint density at radius 3 is 2.71 bits per heavy atom. The van der Waals surface area contributed by atoms with E-state index in [4.69, 9.17) is 4.42 Å². The fourth-order valence-corrected chi connectivity index (χ4v) is 2.71. The molecule has 0 aliphatic heterocycles. The summed E-state index contributed by atoms with van der Waals surface area (Å²) in [4.78, 5) is 9.33. The third-order valence-corrected chi connectivity index (χ3v) is 3.80. The third kappa shape index (κ3) is 2.62. The molecule has 1 N–H and O–H groups in total. The van der Waals surface area contributed by atoms with Gasteiger partial charge in [0.05, 0.1) is 24.0 Å². The number of fused-ring (bicyclic) bond motifs is 1. The zero-order chi connectivity index (χ0) is 16.5. The van der Waals surface area contributed by atoms with E-state index in [2.05, 4.69) is 20.4 Å². The Bertz CT molecular complexity index is 988. The van der Waals surface area contributed by atoms with Gasteiger partial charge in [0.2, 0.25) is 0 Å². The number of hydrogen-bond acceptors (Lipinski definition) is 5. The largest absolute Gasteiger partial charge is 0.467 e. The highest BCUT2D eigenvalue weighted by atomic mass is 16.3. The van der Waals surface area contributed by atoms with E-state index in [9.17, 15) is 0 Å². The standard InChI is InChI=1S/C18H17N5O/c1-12-10-13(2)23(22-12)18-20-16-8-4-3-7-15(16)17(21-18)19-11-14-6-5-9-24-14/h3-10H,11H2,1-2H3,(H,19,20,21). The molecule has 24 heavy (non-hydrogen) atoms. The first-order valence-corrected chi connectivity index (χ1v) is 7.77. The highest BCUT2D eigenvalue weighted by Gasteiger charge is 2.12. The van der Waals surface area contributed by atoms with Crippen LogP contribution in [0.4, 0.5) is 5.82 Å². The SMILES string of the molecule is Cc1cc(C)n(-c2nc(NCc3ccco3)c3ccccc3n2)n1. The molecular weight excluding hydrogens is 302 g/mol. The van der Waals surface area contributed by atoms with Crippen LogP contribution in [0.3, 0.4) is 0 Å². The maximum Gasteiger partial charge on any atom is 0.253 e. The second kappa shape index (κ2) is 5.81. The van der Waals surface area contributed by atoms with Gasteiger partial charge in [0.1, 0.15) is 11.6 Å². The molecule has 0 bridgehead atoms. The Balaban J connectivity index is 1.80. The molecule has 120 valence electrons. The van der Waals surface area contributed by atoms with E-state index in [0.717, 1.165) is 33.9 Å². The van der Waals surface area contributed by atoms with E-state index >= 15 is 0 Å². The zero-order valence-corrected chi connectivity index (χ0v) is 13.5. The normalized spacial score (nSPS) is 11.1. The lowest BCUT2D eigenvalue weighted by atomic mass is 10.2. The van der Waals surface area contributed by atoms with Crippen molar-refractivity contribution >= 4 is 16.7 Å². The van der Waals surface area contributed by atoms with Crippen molar-refractivity contribution in [3.05, 3.63) is 65.9 Å². The average Bonchev–Trinajstić information content (AvgIpc) is 3.21. The third-order valence-electron chi connectivity index (χ3n) is 3.80. The quantitative estimate of drug-likeness (QED) is 0.622. The van der Waals surface area contributed by atoms with Gasteiger partial charge in [-0.2, -0.15) is 10.1 Å². The molecule has 0 spiro atoms. The van der Waals surface area contributed by atoms with Crippen molar-refractivity contribution in [1.82, 2.24) is 19.7 Å². The summed E-state index contributed by atoms with van der Waals surface area (Å²) in [5.74, 6) is 2.17. The van der Waals surface area contributed by atoms with Crippen LogP contribution in [0.5, 0.6) is 0 Å². The second-order valence-electron chi connectivity index (χ2n) is 5.66. The van der Waals surface area contributed by atoms with Crippen molar-refractivity contribution in [2.45, 2.75) is 20.4 Å². The highest BCUT2D eigenvalue weighted by Crippen LogP contribution is 2.22. The molecule has 6 heteroatoms. The molecule has 0 saturated carbocycles. The predicted octanol–water partition coefficient (Wildman–Crippen LogP) is 3.64. The van der Waals surface area contributed by atoms with Gasteiger partial charge < -0.3 is 9.73 Å². The molecule has 4 rings (SSSR count). The summed E-state index contributed by atoms with van der Waals surface area (Å²) in [6.45, 7) is 4.51. The minimum Gasteiger partial charge on any atom is -0.467 e. The van der Waals surface area contributed by atoms with Crippen molar-refractivity contribution in [1.29, 1.82) is 0 Å². The van der Waals surface area contributed by atoms with E-state index < -0.39 is 0 Å². The number of furan rings is 1. The number of anilines is 1. The van der Waals surface area contributed by atoms with Crippen LogP contribution in [0.1, 0.15) is 17.1 Å². The Morgan fingerprint density at radius 1 is 1.08 bits per heavy atom.